The Morgan fingerprint density at radius 3 is 2.06 bits per heavy atom. The number of para-hydroxylation sites is 1. The van der Waals surface area contributed by atoms with E-state index in [1.54, 1.807) is 0 Å². The van der Waals surface area contributed by atoms with E-state index in [1.165, 1.54) is 0 Å². The minimum absolute atomic E-state index is 0.581. The molecule has 0 saturated carbocycles. The molecular formula is C13H11N2S. The molecule has 79 valence electrons. The SMILES string of the molecule is S=C(Nc1cc[c]cc1)Nc1ccccc1. The van der Waals surface area contributed by atoms with Gasteiger partial charge in [0.2, 0.25) is 0 Å². The van der Waals surface area contributed by atoms with E-state index in [-0.39, 0.29) is 0 Å². The Balaban J connectivity index is 1.95. The molecule has 0 aromatic heterocycles. The second kappa shape index (κ2) is 5.28. The van der Waals surface area contributed by atoms with Gasteiger partial charge < -0.3 is 10.6 Å². The first-order chi connectivity index (χ1) is 7.84. The molecule has 0 heterocycles. The van der Waals surface area contributed by atoms with Crippen LogP contribution in [-0.4, -0.2) is 5.11 Å². The summed E-state index contributed by atoms with van der Waals surface area (Å²) in [6, 6.07) is 20.3. The van der Waals surface area contributed by atoms with E-state index in [1.807, 2.05) is 54.6 Å². The maximum absolute atomic E-state index is 5.19. The third-order valence-corrected chi connectivity index (χ3v) is 2.21. The molecule has 16 heavy (non-hydrogen) atoms. The average molecular weight is 227 g/mol. The van der Waals surface area contributed by atoms with Crippen LogP contribution in [-0.2, 0) is 0 Å². The lowest BCUT2D eigenvalue weighted by molar-refractivity contribution is 1.59. The van der Waals surface area contributed by atoms with Gasteiger partial charge >= 0.3 is 0 Å². The van der Waals surface area contributed by atoms with Gasteiger partial charge in [0.05, 0.1) is 0 Å². The van der Waals surface area contributed by atoms with Crippen LogP contribution < -0.4 is 10.6 Å². The summed E-state index contributed by atoms with van der Waals surface area (Å²) in [5.74, 6) is 0. The highest BCUT2D eigenvalue weighted by molar-refractivity contribution is 7.80. The Labute approximate surface area is 100 Å². The zero-order chi connectivity index (χ0) is 11.2. The summed E-state index contributed by atoms with van der Waals surface area (Å²) in [5, 5.41) is 6.77. The fraction of sp³-hybridized carbons (Fsp3) is 0. The monoisotopic (exact) mass is 227 g/mol. The van der Waals surface area contributed by atoms with Crippen molar-refractivity contribution < 1.29 is 0 Å². The molecule has 0 aliphatic heterocycles. The van der Waals surface area contributed by atoms with Crippen molar-refractivity contribution in [2.45, 2.75) is 0 Å². The van der Waals surface area contributed by atoms with E-state index in [4.69, 9.17) is 12.2 Å². The highest BCUT2D eigenvalue weighted by Crippen LogP contribution is 2.08. The van der Waals surface area contributed by atoms with Gasteiger partial charge in [-0.2, -0.15) is 0 Å². The lowest BCUT2D eigenvalue weighted by atomic mass is 10.3. The van der Waals surface area contributed by atoms with E-state index in [0.29, 0.717) is 5.11 Å². The number of rotatable bonds is 2. The van der Waals surface area contributed by atoms with Crippen molar-refractivity contribution in [3.8, 4) is 0 Å². The molecule has 2 aromatic rings. The predicted octanol–water partition coefficient (Wildman–Crippen LogP) is 3.30. The first-order valence-corrected chi connectivity index (χ1v) is 5.34. The molecule has 0 unspecified atom stereocenters. The molecule has 0 amide bonds. The second-order valence-electron chi connectivity index (χ2n) is 3.23. The van der Waals surface area contributed by atoms with Gasteiger partial charge in [-0.15, -0.1) is 0 Å². The summed E-state index contributed by atoms with van der Waals surface area (Å²) in [5.41, 5.74) is 1.93. The van der Waals surface area contributed by atoms with Crippen LogP contribution >= 0.6 is 12.2 Å². The topological polar surface area (TPSA) is 24.1 Å². The molecule has 2 rings (SSSR count). The van der Waals surface area contributed by atoms with Crippen LogP contribution in [0.25, 0.3) is 0 Å². The van der Waals surface area contributed by atoms with E-state index < -0.39 is 0 Å². The van der Waals surface area contributed by atoms with Crippen LogP contribution in [0.4, 0.5) is 11.4 Å². The van der Waals surface area contributed by atoms with E-state index in [0.717, 1.165) is 11.4 Å². The molecule has 2 N–H and O–H groups in total. The summed E-state index contributed by atoms with van der Waals surface area (Å²) >= 11 is 5.19. The predicted molar refractivity (Wildman–Crippen MR) is 71.6 cm³/mol. The number of thiocarbonyl (C=S) groups is 1. The van der Waals surface area contributed by atoms with Gasteiger partial charge in [0.25, 0.3) is 0 Å². The zero-order valence-electron chi connectivity index (χ0n) is 8.60. The van der Waals surface area contributed by atoms with Crippen LogP contribution in [0.5, 0.6) is 0 Å². The molecular weight excluding hydrogens is 216 g/mol. The van der Waals surface area contributed by atoms with Gasteiger partial charge in [0, 0.05) is 11.4 Å². The fourth-order valence-corrected chi connectivity index (χ4v) is 1.52. The molecule has 3 heteroatoms. The van der Waals surface area contributed by atoms with Gasteiger partial charge in [0.15, 0.2) is 5.11 Å². The maximum Gasteiger partial charge on any atom is 0.175 e. The largest absolute Gasteiger partial charge is 0.332 e. The smallest absolute Gasteiger partial charge is 0.175 e. The normalized spacial score (nSPS) is 9.50. The van der Waals surface area contributed by atoms with Gasteiger partial charge in [-0.25, -0.2) is 0 Å². The summed E-state index contributed by atoms with van der Waals surface area (Å²) in [7, 11) is 0. The highest BCUT2D eigenvalue weighted by atomic mass is 32.1. The molecule has 0 fully saturated rings. The molecule has 0 atom stereocenters. The van der Waals surface area contributed by atoms with Crippen LogP contribution in [0.3, 0.4) is 0 Å². The molecule has 0 spiro atoms. The van der Waals surface area contributed by atoms with Crippen molar-refractivity contribution in [3.05, 3.63) is 60.7 Å². The van der Waals surface area contributed by atoms with E-state index >= 15 is 0 Å². The number of hydrogen-bond acceptors (Lipinski definition) is 1. The maximum atomic E-state index is 5.19. The van der Waals surface area contributed by atoms with Gasteiger partial charge in [0.1, 0.15) is 0 Å². The molecule has 2 aromatic carbocycles. The average Bonchev–Trinajstić information content (AvgIpc) is 2.31. The second-order valence-corrected chi connectivity index (χ2v) is 3.64. The van der Waals surface area contributed by atoms with Crippen LogP contribution in [0.2, 0.25) is 0 Å². The number of hydrogen-bond donors (Lipinski definition) is 2. The molecule has 1 radical (unpaired) electrons. The van der Waals surface area contributed by atoms with Crippen LogP contribution in [0.1, 0.15) is 0 Å². The number of nitrogens with one attached hydrogen (secondary N) is 2. The van der Waals surface area contributed by atoms with Crippen LogP contribution in [0.15, 0.2) is 54.6 Å². The lowest BCUT2D eigenvalue weighted by Crippen LogP contribution is -2.18. The number of benzene rings is 2. The van der Waals surface area contributed by atoms with Crippen molar-refractivity contribution >= 4 is 28.7 Å². The molecule has 0 aliphatic rings. The molecule has 0 bridgehead atoms. The van der Waals surface area contributed by atoms with Crippen molar-refractivity contribution in [2.75, 3.05) is 10.6 Å². The first kappa shape index (κ1) is 10.6. The van der Waals surface area contributed by atoms with E-state index in [2.05, 4.69) is 16.7 Å². The minimum Gasteiger partial charge on any atom is -0.332 e. The fourth-order valence-electron chi connectivity index (χ4n) is 1.29. The third-order valence-electron chi connectivity index (χ3n) is 2.01. The Morgan fingerprint density at radius 2 is 1.44 bits per heavy atom. The van der Waals surface area contributed by atoms with Crippen molar-refractivity contribution in [1.29, 1.82) is 0 Å². The molecule has 0 aliphatic carbocycles. The quantitative estimate of drug-likeness (QED) is 0.770. The third kappa shape index (κ3) is 3.07. The van der Waals surface area contributed by atoms with Crippen molar-refractivity contribution in [1.82, 2.24) is 0 Å². The zero-order valence-corrected chi connectivity index (χ0v) is 9.42. The van der Waals surface area contributed by atoms with Crippen molar-refractivity contribution in [2.24, 2.45) is 0 Å². The molecule has 0 saturated heterocycles. The Bertz CT molecular complexity index is 410. The Hall–Kier alpha value is -1.87. The van der Waals surface area contributed by atoms with E-state index in [9.17, 15) is 0 Å². The van der Waals surface area contributed by atoms with Gasteiger partial charge in [-0.05, 0) is 42.5 Å². The molecule has 2 nitrogen and oxygen atoms in total. The first-order valence-electron chi connectivity index (χ1n) is 4.94. The summed E-state index contributed by atoms with van der Waals surface area (Å²) in [4.78, 5) is 0. The van der Waals surface area contributed by atoms with Gasteiger partial charge in [-0.3, -0.25) is 0 Å². The standard InChI is InChI=1S/C13H11N2S/c16-13(14-11-7-3-1-4-8-11)15-12-9-5-2-6-10-12/h1,3-10H,(H2,14,15,16). The van der Waals surface area contributed by atoms with Crippen molar-refractivity contribution in [3.63, 3.8) is 0 Å². The summed E-state index contributed by atoms with van der Waals surface area (Å²) in [6.07, 6.45) is 0. The highest BCUT2D eigenvalue weighted by Gasteiger charge is 1.96. The van der Waals surface area contributed by atoms with Gasteiger partial charge in [-0.1, -0.05) is 30.3 Å². The Morgan fingerprint density at radius 1 is 0.875 bits per heavy atom. The number of anilines is 2. The van der Waals surface area contributed by atoms with Crippen LogP contribution in [0, 0.1) is 6.07 Å². The minimum atomic E-state index is 0.581. The lowest BCUT2D eigenvalue weighted by Gasteiger charge is -2.09. The summed E-state index contributed by atoms with van der Waals surface area (Å²) < 4.78 is 0. The summed E-state index contributed by atoms with van der Waals surface area (Å²) in [6.45, 7) is 0. The Kier molecular flexibility index (Phi) is 3.51.